The molecule has 0 aliphatic carbocycles. The van der Waals surface area contributed by atoms with E-state index < -0.39 is 17.6 Å². The normalized spacial score (nSPS) is 10.8. The summed E-state index contributed by atoms with van der Waals surface area (Å²) in [6.45, 7) is 3.71. The Kier molecular flexibility index (Phi) is 9.90. The van der Waals surface area contributed by atoms with Crippen LogP contribution in [-0.4, -0.2) is 18.5 Å². The number of rotatable bonds is 13. The summed E-state index contributed by atoms with van der Waals surface area (Å²) >= 11 is 0. The van der Waals surface area contributed by atoms with Crippen LogP contribution in [-0.2, 0) is 4.79 Å². The molecule has 186 valence electrons. The van der Waals surface area contributed by atoms with Crippen LogP contribution in [0.25, 0.3) is 11.0 Å². The molecule has 7 nitrogen and oxygen atoms in total. The molecule has 0 amide bonds. The molecule has 35 heavy (non-hydrogen) atoms. The lowest BCUT2D eigenvalue weighted by molar-refractivity contribution is -0.131. The third kappa shape index (κ3) is 7.44. The molecule has 3 rings (SSSR count). The summed E-state index contributed by atoms with van der Waals surface area (Å²) in [6, 6.07) is 13.0. The average Bonchev–Trinajstić information content (AvgIpc) is 2.84. The van der Waals surface area contributed by atoms with Crippen LogP contribution in [0.1, 0.15) is 75.6 Å². The monoisotopic (exact) mass is 480 g/mol. The van der Waals surface area contributed by atoms with Gasteiger partial charge in [-0.05, 0) is 30.7 Å². The molecule has 0 aliphatic heterocycles. The Balaban J connectivity index is 1.84. The summed E-state index contributed by atoms with van der Waals surface area (Å²) in [5.74, 6) is -1.48. The van der Waals surface area contributed by atoms with Gasteiger partial charge in [-0.2, -0.15) is 0 Å². The molecule has 0 fully saturated rings. The second kappa shape index (κ2) is 13.3. The van der Waals surface area contributed by atoms with Crippen LogP contribution in [0.5, 0.6) is 17.2 Å². The van der Waals surface area contributed by atoms with Crippen LogP contribution in [0.2, 0.25) is 0 Å². The highest BCUT2D eigenvalue weighted by molar-refractivity contribution is 5.98. The van der Waals surface area contributed by atoms with E-state index in [1.54, 1.807) is 36.4 Å². The second-order valence-electron chi connectivity index (χ2n) is 8.35. The summed E-state index contributed by atoms with van der Waals surface area (Å²) in [5, 5.41) is 0.178. The van der Waals surface area contributed by atoms with Crippen molar-refractivity contribution in [1.29, 1.82) is 0 Å². The summed E-state index contributed by atoms with van der Waals surface area (Å²) in [6.07, 6.45) is 8.92. The zero-order valence-corrected chi connectivity index (χ0v) is 20.3. The number of benzene rings is 2. The van der Waals surface area contributed by atoms with Gasteiger partial charge in [0.05, 0.1) is 12.2 Å². The fraction of sp³-hybridized carbons (Fsp3) is 0.393. The Hall–Kier alpha value is -3.61. The predicted molar refractivity (Wildman–Crippen MR) is 133 cm³/mol. The number of hydrogen-bond donors (Lipinski definition) is 0. The number of esters is 2. The van der Waals surface area contributed by atoms with Gasteiger partial charge in [-0.25, -0.2) is 9.59 Å². The molecule has 0 atom stereocenters. The first kappa shape index (κ1) is 26.0. The van der Waals surface area contributed by atoms with Gasteiger partial charge in [-0.15, -0.1) is 0 Å². The minimum Gasteiger partial charge on any atom is -0.484 e. The van der Waals surface area contributed by atoms with E-state index in [0.29, 0.717) is 5.56 Å². The third-order valence-electron chi connectivity index (χ3n) is 5.51. The first-order valence-corrected chi connectivity index (χ1v) is 12.2. The van der Waals surface area contributed by atoms with Gasteiger partial charge in [-0.1, -0.05) is 76.1 Å². The second-order valence-corrected chi connectivity index (χ2v) is 8.35. The van der Waals surface area contributed by atoms with E-state index in [0.717, 1.165) is 19.3 Å². The van der Waals surface area contributed by atoms with E-state index in [2.05, 4.69) is 6.92 Å². The van der Waals surface area contributed by atoms with Crippen LogP contribution in [0.3, 0.4) is 0 Å². The van der Waals surface area contributed by atoms with Crippen molar-refractivity contribution in [3.05, 3.63) is 64.5 Å². The van der Waals surface area contributed by atoms with Crippen LogP contribution < -0.4 is 19.8 Å². The molecule has 0 radical (unpaired) electrons. The van der Waals surface area contributed by atoms with Crippen molar-refractivity contribution >= 4 is 22.9 Å². The van der Waals surface area contributed by atoms with E-state index in [1.807, 2.05) is 0 Å². The molecule has 0 spiro atoms. The summed E-state index contributed by atoms with van der Waals surface area (Å²) < 4.78 is 22.2. The fourth-order valence-electron chi connectivity index (χ4n) is 3.77. The molecule has 0 unspecified atom stereocenters. The van der Waals surface area contributed by atoms with Gasteiger partial charge in [0.1, 0.15) is 16.7 Å². The molecule has 7 heteroatoms. The SMILES string of the molecule is CCCCCCCCCCOc1c(OC(=O)c2ccccc2)c2c(OC(C)=O)cccc2oc1=O. The van der Waals surface area contributed by atoms with E-state index in [9.17, 15) is 14.4 Å². The molecule has 0 aliphatic rings. The van der Waals surface area contributed by atoms with Gasteiger partial charge < -0.3 is 18.6 Å². The van der Waals surface area contributed by atoms with Gasteiger partial charge >= 0.3 is 17.6 Å². The van der Waals surface area contributed by atoms with E-state index in [4.69, 9.17) is 18.6 Å². The predicted octanol–water partition coefficient (Wildman–Crippen LogP) is 6.46. The van der Waals surface area contributed by atoms with E-state index >= 15 is 0 Å². The summed E-state index contributed by atoms with van der Waals surface area (Å²) in [4.78, 5) is 37.3. The van der Waals surface area contributed by atoms with Gasteiger partial charge in [0.25, 0.3) is 0 Å². The van der Waals surface area contributed by atoms with Crippen molar-refractivity contribution in [2.45, 2.75) is 65.2 Å². The quantitative estimate of drug-likeness (QED) is 0.120. The molecule has 2 aromatic carbocycles. The molecule has 1 heterocycles. The molecule has 0 N–H and O–H groups in total. The van der Waals surface area contributed by atoms with Crippen molar-refractivity contribution in [1.82, 2.24) is 0 Å². The van der Waals surface area contributed by atoms with E-state index in [1.165, 1.54) is 51.2 Å². The van der Waals surface area contributed by atoms with Crippen molar-refractivity contribution < 1.29 is 28.2 Å². The first-order valence-electron chi connectivity index (χ1n) is 12.2. The Morgan fingerprint density at radius 3 is 2.17 bits per heavy atom. The third-order valence-corrected chi connectivity index (χ3v) is 5.51. The molecule has 3 aromatic rings. The summed E-state index contributed by atoms with van der Waals surface area (Å²) in [5.41, 5.74) is -0.357. The molecule has 0 saturated heterocycles. The molecule has 0 bridgehead atoms. The van der Waals surface area contributed by atoms with Crippen molar-refractivity contribution in [2.24, 2.45) is 0 Å². The van der Waals surface area contributed by atoms with Crippen molar-refractivity contribution in [3.63, 3.8) is 0 Å². The lowest BCUT2D eigenvalue weighted by Crippen LogP contribution is -2.15. The highest BCUT2D eigenvalue weighted by atomic mass is 16.6. The van der Waals surface area contributed by atoms with Crippen LogP contribution in [0, 0.1) is 0 Å². The number of unbranched alkanes of at least 4 members (excludes halogenated alkanes) is 7. The Morgan fingerprint density at radius 2 is 1.49 bits per heavy atom. The Morgan fingerprint density at radius 1 is 0.800 bits per heavy atom. The number of ether oxygens (including phenoxy) is 3. The van der Waals surface area contributed by atoms with Crippen molar-refractivity contribution in [3.8, 4) is 17.2 Å². The number of fused-ring (bicyclic) bond motifs is 1. The maximum Gasteiger partial charge on any atom is 0.383 e. The molecule has 1 aromatic heterocycles. The van der Waals surface area contributed by atoms with Gasteiger partial charge in [-0.3, -0.25) is 4.79 Å². The Labute approximate surface area is 205 Å². The van der Waals surface area contributed by atoms with Crippen LogP contribution >= 0.6 is 0 Å². The standard InChI is InChI=1S/C28H32O7/c1-3-4-5-6-7-8-9-13-19-32-26-25(35-27(30)21-15-11-10-12-16-21)24-22(33-20(2)29)17-14-18-23(24)34-28(26)31/h10-12,14-18H,3-9,13,19H2,1-2H3. The first-order chi connectivity index (χ1) is 17.0. The maximum atomic E-state index is 12.9. The zero-order chi connectivity index (χ0) is 25.0. The smallest absolute Gasteiger partial charge is 0.383 e. The topological polar surface area (TPSA) is 92.0 Å². The molecule has 0 saturated carbocycles. The molecular weight excluding hydrogens is 448 g/mol. The van der Waals surface area contributed by atoms with Crippen molar-refractivity contribution in [2.75, 3.05) is 6.61 Å². The largest absolute Gasteiger partial charge is 0.484 e. The minimum absolute atomic E-state index is 0.103. The highest BCUT2D eigenvalue weighted by Gasteiger charge is 2.24. The molecular formula is C28H32O7. The highest BCUT2D eigenvalue weighted by Crippen LogP contribution is 2.39. The number of hydrogen-bond acceptors (Lipinski definition) is 7. The zero-order valence-electron chi connectivity index (χ0n) is 20.3. The van der Waals surface area contributed by atoms with Crippen LogP contribution in [0.15, 0.2) is 57.7 Å². The minimum atomic E-state index is -0.770. The average molecular weight is 481 g/mol. The Bertz CT molecular complexity index is 1180. The number of carbonyl (C=O) groups excluding carboxylic acids is 2. The van der Waals surface area contributed by atoms with Gasteiger partial charge in [0, 0.05) is 6.92 Å². The van der Waals surface area contributed by atoms with E-state index in [-0.39, 0.29) is 34.8 Å². The van der Waals surface area contributed by atoms with Gasteiger partial charge in [0.2, 0.25) is 5.75 Å². The summed E-state index contributed by atoms with van der Waals surface area (Å²) in [7, 11) is 0. The number of carbonyl (C=O) groups is 2. The van der Waals surface area contributed by atoms with Gasteiger partial charge in [0.15, 0.2) is 5.75 Å². The maximum absolute atomic E-state index is 12.9. The lowest BCUT2D eigenvalue weighted by Gasteiger charge is -2.14. The fourth-order valence-corrected chi connectivity index (χ4v) is 3.77. The van der Waals surface area contributed by atoms with Crippen LogP contribution in [0.4, 0.5) is 0 Å². The lowest BCUT2D eigenvalue weighted by atomic mass is 10.1.